The second-order valence-corrected chi connectivity index (χ2v) is 6.62. The molecule has 0 atom stereocenters. The average molecular weight is 346 g/mol. The smallest absolute Gasteiger partial charge is 0.220 e. The van der Waals surface area contributed by atoms with Crippen LogP contribution in [0.1, 0.15) is 57.4 Å². The molecule has 0 radical (unpaired) electrons. The zero-order valence-corrected chi connectivity index (χ0v) is 15.2. The Labute approximate surface area is 150 Å². The van der Waals surface area contributed by atoms with Crippen LogP contribution in [0.15, 0.2) is 24.3 Å². The molecule has 2 N–H and O–H groups in total. The lowest BCUT2D eigenvalue weighted by Gasteiger charge is -2.13. The number of hydrogen-bond acceptors (Lipinski definition) is 3. The maximum Gasteiger partial charge on any atom is 0.220 e. The number of carbonyl (C=O) groups excluding carboxylic acids is 2. The molecule has 1 aliphatic rings. The molecule has 0 aromatic heterocycles. The van der Waals surface area contributed by atoms with Crippen molar-refractivity contribution < 1.29 is 14.3 Å². The summed E-state index contributed by atoms with van der Waals surface area (Å²) in [5.74, 6) is 0.792. The lowest BCUT2D eigenvalue weighted by molar-refractivity contribution is -0.126. The van der Waals surface area contributed by atoms with Gasteiger partial charge in [0.25, 0.3) is 0 Å². The molecule has 0 spiro atoms. The van der Waals surface area contributed by atoms with Crippen LogP contribution in [0.2, 0.25) is 0 Å². The van der Waals surface area contributed by atoms with Gasteiger partial charge in [-0.25, -0.2) is 0 Å². The lowest BCUT2D eigenvalue weighted by Crippen LogP contribution is -2.29. The molecule has 25 heavy (non-hydrogen) atoms. The summed E-state index contributed by atoms with van der Waals surface area (Å²) in [6.07, 6.45) is 7.39. The number of nitrogens with one attached hydrogen (secondary N) is 2. The molecule has 1 aromatic rings. The summed E-state index contributed by atoms with van der Waals surface area (Å²) in [5, 5.41) is 5.64. The molecule has 2 rings (SSSR count). The van der Waals surface area contributed by atoms with Gasteiger partial charge in [0.15, 0.2) is 0 Å². The highest BCUT2D eigenvalue weighted by molar-refractivity contribution is 5.83. The van der Waals surface area contributed by atoms with Gasteiger partial charge in [0.05, 0.1) is 6.10 Å². The number of benzene rings is 1. The van der Waals surface area contributed by atoms with Crippen molar-refractivity contribution in [3.8, 4) is 5.75 Å². The molecule has 1 aromatic carbocycles. The second-order valence-electron chi connectivity index (χ2n) is 6.62. The molecule has 5 nitrogen and oxygen atoms in total. The van der Waals surface area contributed by atoms with Crippen LogP contribution in [-0.4, -0.2) is 31.0 Å². The lowest BCUT2D eigenvalue weighted by atomic mass is 10.1. The Balaban J connectivity index is 1.60. The number of carbonyl (C=O) groups is 2. The van der Waals surface area contributed by atoms with Crippen LogP contribution in [0.4, 0.5) is 0 Å². The summed E-state index contributed by atoms with van der Waals surface area (Å²) in [6, 6.07) is 8.12. The Bertz CT molecular complexity index is 536. The molecular weight excluding hydrogens is 316 g/mol. The van der Waals surface area contributed by atoms with Gasteiger partial charge < -0.3 is 15.4 Å². The molecule has 2 amide bonds. The van der Waals surface area contributed by atoms with Gasteiger partial charge in [0.1, 0.15) is 5.75 Å². The highest BCUT2D eigenvalue weighted by Crippen LogP contribution is 2.24. The first-order valence-electron chi connectivity index (χ1n) is 9.46. The van der Waals surface area contributed by atoms with E-state index in [1.807, 2.05) is 19.1 Å². The van der Waals surface area contributed by atoms with E-state index in [1.165, 1.54) is 18.4 Å². The number of amides is 2. The summed E-state index contributed by atoms with van der Waals surface area (Å²) in [5.41, 5.74) is 1.17. The van der Waals surface area contributed by atoms with Gasteiger partial charge in [-0.1, -0.05) is 19.1 Å². The quantitative estimate of drug-likeness (QED) is 0.684. The third kappa shape index (κ3) is 7.59. The van der Waals surface area contributed by atoms with E-state index in [2.05, 4.69) is 22.8 Å². The fraction of sp³-hybridized carbons (Fsp3) is 0.600. The summed E-state index contributed by atoms with van der Waals surface area (Å²) in [6.45, 7) is 3.25. The van der Waals surface area contributed by atoms with Crippen LogP contribution >= 0.6 is 0 Å². The predicted octanol–water partition coefficient (Wildman–Crippen LogP) is 2.97. The Hall–Kier alpha value is -2.04. The van der Waals surface area contributed by atoms with Crippen molar-refractivity contribution in [2.45, 2.75) is 64.4 Å². The maximum absolute atomic E-state index is 11.7. The highest BCUT2D eigenvalue weighted by atomic mass is 16.5. The van der Waals surface area contributed by atoms with E-state index in [1.54, 1.807) is 0 Å². The van der Waals surface area contributed by atoms with Crippen LogP contribution in [0.3, 0.4) is 0 Å². The van der Waals surface area contributed by atoms with E-state index in [0.717, 1.165) is 31.4 Å². The average Bonchev–Trinajstić information content (AvgIpc) is 3.12. The SMILES string of the molecule is CCCNC(=O)CCC(=O)NCCc1ccc(OC2CCCC2)cc1. The Morgan fingerprint density at radius 1 is 1.00 bits per heavy atom. The first-order valence-corrected chi connectivity index (χ1v) is 9.46. The van der Waals surface area contributed by atoms with Crippen LogP contribution in [0.25, 0.3) is 0 Å². The molecule has 1 aliphatic carbocycles. The van der Waals surface area contributed by atoms with Gasteiger partial charge in [0.2, 0.25) is 11.8 Å². The summed E-state index contributed by atoms with van der Waals surface area (Å²) < 4.78 is 5.95. The first kappa shape index (κ1) is 19.3. The fourth-order valence-corrected chi connectivity index (χ4v) is 2.95. The van der Waals surface area contributed by atoms with E-state index in [-0.39, 0.29) is 24.7 Å². The third-order valence-electron chi connectivity index (χ3n) is 4.42. The minimum Gasteiger partial charge on any atom is -0.490 e. The topological polar surface area (TPSA) is 67.4 Å². The van der Waals surface area contributed by atoms with Crippen molar-refractivity contribution in [2.24, 2.45) is 0 Å². The van der Waals surface area contributed by atoms with Crippen LogP contribution < -0.4 is 15.4 Å². The van der Waals surface area contributed by atoms with Crippen molar-refractivity contribution in [1.29, 1.82) is 0 Å². The van der Waals surface area contributed by atoms with Gasteiger partial charge in [-0.3, -0.25) is 9.59 Å². The van der Waals surface area contributed by atoms with Gasteiger partial charge in [0, 0.05) is 25.9 Å². The Morgan fingerprint density at radius 2 is 1.60 bits per heavy atom. The molecule has 0 unspecified atom stereocenters. The fourth-order valence-electron chi connectivity index (χ4n) is 2.95. The van der Waals surface area contributed by atoms with Crippen molar-refractivity contribution in [1.82, 2.24) is 10.6 Å². The molecular formula is C20H30N2O3. The van der Waals surface area contributed by atoms with Crippen LogP contribution in [0, 0.1) is 0 Å². The summed E-state index contributed by atoms with van der Waals surface area (Å²) in [4.78, 5) is 23.2. The number of ether oxygens (including phenoxy) is 1. The molecule has 0 heterocycles. The third-order valence-corrected chi connectivity index (χ3v) is 4.42. The van der Waals surface area contributed by atoms with Gasteiger partial charge in [-0.2, -0.15) is 0 Å². The van der Waals surface area contributed by atoms with Crippen molar-refractivity contribution in [3.05, 3.63) is 29.8 Å². The Morgan fingerprint density at radius 3 is 2.20 bits per heavy atom. The molecule has 0 saturated heterocycles. The van der Waals surface area contributed by atoms with E-state index < -0.39 is 0 Å². The molecule has 1 fully saturated rings. The van der Waals surface area contributed by atoms with Crippen LogP contribution in [-0.2, 0) is 16.0 Å². The van der Waals surface area contributed by atoms with E-state index in [0.29, 0.717) is 19.2 Å². The highest BCUT2D eigenvalue weighted by Gasteiger charge is 2.16. The molecule has 1 saturated carbocycles. The van der Waals surface area contributed by atoms with Crippen molar-refractivity contribution in [2.75, 3.05) is 13.1 Å². The largest absolute Gasteiger partial charge is 0.490 e. The number of rotatable bonds is 10. The minimum absolute atomic E-state index is 0.0603. The van der Waals surface area contributed by atoms with Gasteiger partial charge >= 0.3 is 0 Å². The predicted molar refractivity (Wildman–Crippen MR) is 98.6 cm³/mol. The molecule has 5 heteroatoms. The summed E-state index contributed by atoms with van der Waals surface area (Å²) >= 11 is 0. The minimum atomic E-state index is -0.0761. The van der Waals surface area contributed by atoms with E-state index in [9.17, 15) is 9.59 Å². The van der Waals surface area contributed by atoms with Crippen molar-refractivity contribution in [3.63, 3.8) is 0 Å². The van der Waals surface area contributed by atoms with E-state index in [4.69, 9.17) is 4.74 Å². The first-order chi connectivity index (χ1) is 12.2. The molecule has 138 valence electrons. The molecule has 0 bridgehead atoms. The number of hydrogen-bond donors (Lipinski definition) is 2. The summed E-state index contributed by atoms with van der Waals surface area (Å²) in [7, 11) is 0. The normalized spacial score (nSPS) is 14.3. The van der Waals surface area contributed by atoms with E-state index >= 15 is 0 Å². The standard InChI is InChI=1S/C20H30N2O3/c1-2-14-21-19(23)11-12-20(24)22-15-13-16-7-9-18(10-8-16)25-17-5-3-4-6-17/h7-10,17H,2-6,11-15H2,1H3,(H,21,23)(H,22,24). The Kier molecular flexibility index (Phi) is 8.29. The maximum atomic E-state index is 11.7. The molecule has 0 aliphatic heterocycles. The van der Waals surface area contributed by atoms with Crippen molar-refractivity contribution >= 4 is 11.8 Å². The van der Waals surface area contributed by atoms with Gasteiger partial charge in [-0.05, 0) is 56.2 Å². The second kappa shape index (κ2) is 10.7. The zero-order valence-electron chi connectivity index (χ0n) is 15.2. The van der Waals surface area contributed by atoms with Crippen LogP contribution in [0.5, 0.6) is 5.75 Å². The monoisotopic (exact) mass is 346 g/mol. The van der Waals surface area contributed by atoms with Gasteiger partial charge in [-0.15, -0.1) is 0 Å². The zero-order chi connectivity index (χ0) is 17.9.